The topological polar surface area (TPSA) is 45.7 Å². The van der Waals surface area contributed by atoms with Gasteiger partial charge in [-0.05, 0) is 43.7 Å². The Morgan fingerprint density at radius 1 is 1.13 bits per heavy atom. The molecule has 1 fully saturated rings. The van der Waals surface area contributed by atoms with Crippen molar-refractivity contribution < 1.29 is 22.7 Å². The van der Waals surface area contributed by atoms with Gasteiger partial charge in [-0.2, -0.15) is 13.2 Å². The van der Waals surface area contributed by atoms with Gasteiger partial charge in [0.15, 0.2) is 6.10 Å². The lowest BCUT2D eigenvalue weighted by Crippen LogP contribution is -2.42. The van der Waals surface area contributed by atoms with Gasteiger partial charge in [-0.15, -0.1) is 0 Å². The Balaban J connectivity index is 1.60. The molecule has 1 aromatic heterocycles. The van der Waals surface area contributed by atoms with Crippen LogP contribution in [0.3, 0.4) is 0 Å². The molecule has 162 valence electrons. The number of halogens is 5. The first-order valence-corrected chi connectivity index (χ1v) is 10.1. The minimum atomic E-state index is -4.42. The predicted molar refractivity (Wildman–Crippen MR) is 109 cm³/mol. The van der Waals surface area contributed by atoms with Crippen LogP contribution in [0.15, 0.2) is 36.5 Å². The quantitative estimate of drug-likeness (QED) is 0.648. The number of ether oxygens (including phenoxy) is 1. The molecule has 0 aliphatic carbocycles. The molecule has 1 unspecified atom stereocenters. The first-order valence-electron chi connectivity index (χ1n) is 9.34. The molecule has 1 amide bonds. The number of carbonyl (C=O) groups excluding carboxylic acids is 1. The highest BCUT2D eigenvalue weighted by Crippen LogP contribution is 2.30. The van der Waals surface area contributed by atoms with Crippen molar-refractivity contribution in [2.24, 2.45) is 0 Å². The number of hydrogen-bond donors (Lipinski definition) is 0. The third kappa shape index (κ3) is 5.49. The van der Waals surface area contributed by atoms with Gasteiger partial charge in [0.2, 0.25) is 0 Å². The number of nitrogens with zero attached hydrogens (tertiary/aromatic N) is 3. The van der Waals surface area contributed by atoms with E-state index in [1.165, 1.54) is 12.1 Å². The summed E-state index contributed by atoms with van der Waals surface area (Å²) in [4.78, 5) is 20.3. The fourth-order valence-corrected chi connectivity index (χ4v) is 3.63. The zero-order valence-electron chi connectivity index (χ0n) is 16.1. The highest BCUT2D eigenvalue weighted by Gasteiger charge is 2.31. The summed E-state index contributed by atoms with van der Waals surface area (Å²) in [6.45, 7) is 3.61. The lowest BCUT2D eigenvalue weighted by Gasteiger charge is -2.25. The number of rotatable bonds is 4. The summed E-state index contributed by atoms with van der Waals surface area (Å²) in [5, 5.41) is 0.786. The van der Waals surface area contributed by atoms with Crippen LogP contribution in [0.4, 0.5) is 19.0 Å². The number of benzene rings is 1. The van der Waals surface area contributed by atoms with Gasteiger partial charge in [0.05, 0.1) is 10.6 Å². The molecule has 30 heavy (non-hydrogen) atoms. The van der Waals surface area contributed by atoms with Crippen LogP contribution in [0, 0.1) is 0 Å². The average Bonchev–Trinajstić information content (AvgIpc) is 2.95. The van der Waals surface area contributed by atoms with Crippen molar-refractivity contribution >= 4 is 34.9 Å². The van der Waals surface area contributed by atoms with E-state index < -0.39 is 17.8 Å². The maximum atomic E-state index is 12.8. The Labute approximate surface area is 182 Å². The molecule has 3 rings (SSSR count). The van der Waals surface area contributed by atoms with Crippen LogP contribution in [0.2, 0.25) is 10.0 Å². The molecule has 1 aliphatic heterocycles. The number of hydrogen-bond acceptors (Lipinski definition) is 4. The van der Waals surface area contributed by atoms with Gasteiger partial charge in [-0.3, -0.25) is 4.79 Å². The van der Waals surface area contributed by atoms with Crippen molar-refractivity contribution in [3.8, 4) is 5.75 Å². The van der Waals surface area contributed by atoms with E-state index in [0.29, 0.717) is 54.2 Å². The van der Waals surface area contributed by atoms with Gasteiger partial charge in [-0.1, -0.05) is 23.2 Å². The minimum absolute atomic E-state index is 0.191. The molecule has 1 atom stereocenters. The molecule has 0 N–H and O–H groups in total. The summed E-state index contributed by atoms with van der Waals surface area (Å²) in [5.74, 6) is 0.630. The van der Waals surface area contributed by atoms with E-state index >= 15 is 0 Å². The monoisotopic (exact) mass is 461 g/mol. The van der Waals surface area contributed by atoms with Crippen molar-refractivity contribution in [2.45, 2.75) is 25.6 Å². The lowest BCUT2D eigenvalue weighted by molar-refractivity contribution is -0.138. The molecule has 1 saturated heterocycles. The number of carbonyl (C=O) groups is 1. The Kier molecular flexibility index (Phi) is 6.98. The third-order valence-electron chi connectivity index (χ3n) is 4.75. The van der Waals surface area contributed by atoms with Gasteiger partial charge >= 0.3 is 6.18 Å². The van der Waals surface area contributed by atoms with Crippen LogP contribution in [0.25, 0.3) is 0 Å². The van der Waals surface area contributed by atoms with Crippen LogP contribution >= 0.6 is 23.2 Å². The zero-order chi connectivity index (χ0) is 21.9. The summed E-state index contributed by atoms with van der Waals surface area (Å²) in [7, 11) is 0. The van der Waals surface area contributed by atoms with Crippen molar-refractivity contribution in [3.63, 3.8) is 0 Å². The molecule has 0 spiro atoms. The number of aromatic nitrogens is 1. The number of pyridine rings is 1. The highest BCUT2D eigenvalue weighted by molar-refractivity contribution is 6.35. The van der Waals surface area contributed by atoms with E-state index in [1.807, 2.05) is 4.90 Å². The van der Waals surface area contributed by atoms with E-state index in [2.05, 4.69) is 4.98 Å². The molecular weight excluding hydrogens is 442 g/mol. The normalized spacial score (nSPS) is 16.2. The second kappa shape index (κ2) is 9.31. The van der Waals surface area contributed by atoms with Crippen LogP contribution in [0.1, 0.15) is 18.9 Å². The first-order chi connectivity index (χ1) is 14.1. The van der Waals surface area contributed by atoms with Gasteiger partial charge in [0.1, 0.15) is 11.6 Å². The molecule has 0 radical (unpaired) electrons. The van der Waals surface area contributed by atoms with Crippen LogP contribution < -0.4 is 9.64 Å². The maximum absolute atomic E-state index is 12.8. The Morgan fingerprint density at radius 2 is 1.90 bits per heavy atom. The van der Waals surface area contributed by atoms with E-state index in [1.54, 1.807) is 24.0 Å². The van der Waals surface area contributed by atoms with Gasteiger partial charge < -0.3 is 14.5 Å². The lowest BCUT2D eigenvalue weighted by atomic mass is 10.2. The van der Waals surface area contributed by atoms with Crippen molar-refractivity contribution in [3.05, 3.63) is 52.1 Å². The molecule has 1 aliphatic rings. The molecule has 2 aromatic rings. The second-order valence-electron chi connectivity index (χ2n) is 6.90. The molecule has 10 heteroatoms. The van der Waals surface area contributed by atoms with E-state index in [0.717, 1.165) is 12.3 Å². The smallest absolute Gasteiger partial charge is 0.417 e. The molecule has 1 aromatic carbocycles. The minimum Gasteiger partial charge on any atom is -0.479 e. The Hall–Kier alpha value is -2.19. The zero-order valence-corrected chi connectivity index (χ0v) is 17.6. The summed E-state index contributed by atoms with van der Waals surface area (Å²) >= 11 is 12.0. The average molecular weight is 462 g/mol. The summed E-state index contributed by atoms with van der Waals surface area (Å²) in [6, 6.07) is 7.14. The fraction of sp³-hybridized carbons (Fsp3) is 0.400. The molecule has 2 heterocycles. The van der Waals surface area contributed by atoms with Crippen LogP contribution in [0.5, 0.6) is 5.75 Å². The number of anilines is 1. The SMILES string of the molecule is CC(Oc1ccc(Cl)cc1Cl)C(=O)N1CCCN(c2ccc(C(F)(F)F)cn2)CC1. The van der Waals surface area contributed by atoms with Gasteiger partial charge in [0.25, 0.3) is 5.91 Å². The fourth-order valence-electron chi connectivity index (χ4n) is 3.18. The largest absolute Gasteiger partial charge is 0.479 e. The molecule has 0 saturated carbocycles. The molecular formula is C20H20Cl2F3N3O2. The van der Waals surface area contributed by atoms with Crippen molar-refractivity contribution in [1.82, 2.24) is 9.88 Å². The first kappa shape index (κ1) is 22.5. The number of alkyl halides is 3. The van der Waals surface area contributed by atoms with Gasteiger partial charge in [0, 0.05) is 37.4 Å². The summed E-state index contributed by atoms with van der Waals surface area (Å²) < 4.78 is 43.9. The standard InChI is InChI=1S/C20H20Cl2F3N3O2/c1-13(30-17-5-4-15(21)11-16(17)22)19(29)28-8-2-7-27(9-10-28)18-6-3-14(12-26-18)20(23,24)25/h3-6,11-13H,2,7-10H2,1H3. The molecule has 0 bridgehead atoms. The summed E-state index contributed by atoms with van der Waals surface area (Å²) in [6.07, 6.45) is -3.69. The Bertz CT molecular complexity index is 894. The third-order valence-corrected chi connectivity index (χ3v) is 5.28. The van der Waals surface area contributed by atoms with Crippen LogP contribution in [-0.4, -0.2) is 48.1 Å². The van der Waals surface area contributed by atoms with E-state index in [-0.39, 0.29) is 5.91 Å². The predicted octanol–water partition coefficient (Wildman–Crippen LogP) is 4.91. The Morgan fingerprint density at radius 3 is 2.53 bits per heavy atom. The maximum Gasteiger partial charge on any atom is 0.417 e. The van der Waals surface area contributed by atoms with E-state index in [9.17, 15) is 18.0 Å². The summed E-state index contributed by atoms with van der Waals surface area (Å²) in [5.41, 5.74) is -0.787. The van der Waals surface area contributed by atoms with Crippen molar-refractivity contribution in [1.29, 1.82) is 0 Å². The molecule has 5 nitrogen and oxygen atoms in total. The van der Waals surface area contributed by atoms with Crippen LogP contribution in [-0.2, 0) is 11.0 Å². The van der Waals surface area contributed by atoms with Gasteiger partial charge in [-0.25, -0.2) is 4.98 Å². The van der Waals surface area contributed by atoms with E-state index in [4.69, 9.17) is 27.9 Å². The number of amides is 1. The highest BCUT2D eigenvalue weighted by atomic mass is 35.5. The second-order valence-corrected chi connectivity index (χ2v) is 7.75. The van der Waals surface area contributed by atoms with Crippen molar-refractivity contribution in [2.75, 3.05) is 31.1 Å².